The standard InChI is InChI=1S/C27H28N4O4S/c1-19-15-16-23(17-20(19)2)30(36(34,35)24-13-9-6-10-14-24)18-25(32)28-26-21(3)29(4)31(27(26)33)22-11-7-5-8-12-22/h5-17H,18H2,1-4H3,(H,28,32). The first-order valence-corrected chi connectivity index (χ1v) is 12.8. The second-order valence-electron chi connectivity index (χ2n) is 8.58. The summed E-state index contributed by atoms with van der Waals surface area (Å²) in [4.78, 5) is 26.5. The maximum absolute atomic E-state index is 13.6. The third-order valence-electron chi connectivity index (χ3n) is 6.22. The summed E-state index contributed by atoms with van der Waals surface area (Å²) in [6, 6.07) is 22.3. The third kappa shape index (κ3) is 4.70. The Morgan fingerprint density at radius 1 is 0.889 bits per heavy atom. The summed E-state index contributed by atoms with van der Waals surface area (Å²) in [6.07, 6.45) is 0. The number of hydrogen-bond acceptors (Lipinski definition) is 4. The maximum atomic E-state index is 13.6. The Kier molecular flexibility index (Phi) is 6.85. The summed E-state index contributed by atoms with van der Waals surface area (Å²) in [7, 11) is -2.33. The molecule has 1 amide bonds. The molecule has 0 aliphatic heterocycles. The van der Waals surface area contributed by atoms with Gasteiger partial charge in [0.2, 0.25) is 5.91 Å². The van der Waals surface area contributed by atoms with Crippen LogP contribution in [0.4, 0.5) is 11.4 Å². The summed E-state index contributed by atoms with van der Waals surface area (Å²) >= 11 is 0. The van der Waals surface area contributed by atoms with E-state index in [0.29, 0.717) is 17.1 Å². The summed E-state index contributed by atoms with van der Waals surface area (Å²) in [6.45, 7) is 5.03. The van der Waals surface area contributed by atoms with Crippen molar-refractivity contribution in [2.75, 3.05) is 16.2 Å². The number of nitrogens with zero attached hydrogens (tertiary/aromatic N) is 3. The molecule has 36 heavy (non-hydrogen) atoms. The molecule has 4 rings (SSSR count). The van der Waals surface area contributed by atoms with Crippen molar-refractivity contribution in [2.45, 2.75) is 25.7 Å². The largest absolute Gasteiger partial charge is 0.318 e. The smallest absolute Gasteiger partial charge is 0.295 e. The highest BCUT2D eigenvalue weighted by molar-refractivity contribution is 7.92. The average molecular weight is 505 g/mol. The molecular formula is C27H28N4O4S. The minimum absolute atomic E-state index is 0.0679. The van der Waals surface area contributed by atoms with E-state index in [9.17, 15) is 18.0 Å². The molecule has 8 nitrogen and oxygen atoms in total. The second-order valence-corrected chi connectivity index (χ2v) is 10.4. The van der Waals surface area contributed by atoms with Gasteiger partial charge in [0.25, 0.3) is 15.6 Å². The zero-order valence-corrected chi connectivity index (χ0v) is 21.4. The molecule has 0 saturated heterocycles. The fraction of sp³-hybridized carbons (Fsp3) is 0.185. The van der Waals surface area contributed by atoms with Gasteiger partial charge in [0.1, 0.15) is 12.2 Å². The number of anilines is 2. The topological polar surface area (TPSA) is 93.4 Å². The Bertz CT molecular complexity index is 1570. The van der Waals surface area contributed by atoms with Crippen molar-refractivity contribution in [3.63, 3.8) is 0 Å². The van der Waals surface area contributed by atoms with Crippen LogP contribution in [0.25, 0.3) is 5.69 Å². The van der Waals surface area contributed by atoms with Gasteiger partial charge in [-0.3, -0.25) is 18.6 Å². The van der Waals surface area contributed by atoms with Crippen molar-refractivity contribution in [2.24, 2.45) is 7.05 Å². The molecule has 9 heteroatoms. The lowest BCUT2D eigenvalue weighted by molar-refractivity contribution is -0.114. The summed E-state index contributed by atoms with van der Waals surface area (Å²) in [5.74, 6) is -0.626. The van der Waals surface area contributed by atoms with Crippen LogP contribution >= 0.6 is 0 Å². The van der Waals surface area contributed by atoms with Gasteiger partial charge in [0.15, 0.2) is 0 Å². The van der Waals surface area contributed by atoms with Crippen LogP contribution in [0.3, 0.4) is 0 Å². The van der Waals surface area contributed by atoms with Gasteiger partial charge in [0.05, 0.1) is 22.0 Å². The van der Waals surface area contributed by atoms with Crippen molar-refractivity contribution in [1.82, 2.24) is 9.36 Å². The zero-order valence-electron chi connectivity index (χ0n) is 20.6. The Morgan fingerprint density at radius 2 is 1.50 bits per heavy atom. The van der Waals surface area contributed by atoms with Crippen LogP contribution in [0, 0.1) is 20.8 Å². The van der Waals surface area contributed by atoms with E-state index in [2.05, 4.69) is 5.32 Å². The van der Waals surface area contributed by atoms with E-state index in [1.54, 1.807) is 61.1 Å². The van der Waals surface area contributed by atoms with Gasteiger partial charge in [-0.1, -0.05) is 42.5 Å². The number of carbonyl (C=O) groups excluding carboxylic acids is 1. The molecule has 4 aromatic rings. The van der Waals surface area contributed by atoms with E-state index >= 15 is 0 Å². The monoisotopic (exact) mass is 504 g/mol. The Balaban J connectivity index is 1.71. The predicted octanol–water partition coefficient (Wildman–Crippen LogP) is 3.94. The van der Waals surface area contributed by atoms with Crippen molar-refractivity contribution in [3.8, 4) is 5.69 Å². The number of benzene rings is 3. The van der Waals surface area contributed by atoms with Crippen LogP contribution in [0.2, 0.25) is 0 Å². The average Bonchev–Trinajstić information content (AvgIpc) is 3.08. The number of aromatic nitrogens is 2. The molecule has 0 aliphatic rings. The van der Waals surface area contributed by atoms with Gasteiger partial charge < -0.3 is 5.32 Å². The fourth-order valence-electron chi connectivity index (χ4n) is 3.94. The number of aryl methyl sites for hydroxylation is 2. The van der Waals surface area contributed by atoms with Crippen LogP contribution in [-0.4, -0.2) is 30.2 Å². The lowest BCUT2D eigenvalue weighted by atomic mass is 10.1. The van der Waals surface area contributed by atoms with Crippen LogP contribution in [-0.2, 0) is 21.9 Å². The molecule has 0 spiro atoms. The summed E-state index contributed by atoms with van der Waals surface area (Å²) < 4.78 is 31.3. The first-order valence-electron chi connectivity index (χ1n) is 11.4. The molecule has 0 atom stereocenters. The first-order chi connectivity index (χ1) is 17.1. The molecule has 3 aromatic carbocycles. The molecule has 186 valence electrons. The molecule has 1 N–H and O–H groups in total. The predicted molar refractivity (Wildman–Crippen MR) is 141 cm³/mol. The third-order valence-corrected chi connectivity index (χ3v) is 8.00. The van der Waals surface area contributed by atoms with Gasteiger partial charge in [-0.2, -0.15) is 0 Å². The highest BCUT2D eigenvalue weighted by atomic mass is 32.2. The van der Waals surface area contributed by atoms with E-state index in [1.165, 1.54) is 16.8 Å². The van der Waals surface area contributed by atoms with Gasteiger partial charge in [-0.25, -0.2) is 13.1 Å². The van der Waals surface area contributed by atoms with Gasteiger partial charge in [-0.15, -0.1) is 0 Å². The van der Waals surface area contributed by atoms with Crippen LogP contribution < -0.4 is 15.2 Å². The van der Waals surface area contributed by atoms with Crippen molar-refractivity contribution < 1.29 is 13.2 Å². The SMILES string of the molecule is Cc1ccc(N(CC(=O)Nc2c(C)n(C)n(-c3ccccc3)c2=O)S(=O)(=O)c2ccccc2)cc1C. The maximum Gasteiger partial charge on any atom is 0.295 e. The lowest BCUT2D eigenvalue weighted by Crippen LogP contribution is -2.38. The highest BCUT2D eigenvalue weighted by Crippen LogP contribution is 2.26. The van der Waals surface area contributed by atoms with Gasteiger partial charge >= 0.3 is 0 Å². The number of amides is 1. The summed E-state index contributed by atoms with van der Waals surface area (Å²) in [5.41, 5.74) is 3.15. The molecule has 0 unspecified atom stereocenters. The van der Waals surface area contributed by atoms with Crippen molar-refractivity contribution in [3.05, 3.63) is 106 Å². The highest BCUT2D eigenvalue weighted by Gasteiger charge is 2.28. The minimum Gasteiger partial charge on any atom is -0.318 e. The lowest BCUT2D eigenvalue weighted by Gasteiger charge is -2.24. The Morgan fingerprint density at radius 3 is 2.11 bits per heavy atom. The fourth-order valence-corrected chi connectivity index (χ4v) is 5.37. The van der Waals surface area contributed by atoms with E-state index in [1.807, 2.05) is 38.1 Å². The van der Waals surface area contributed by atoms with E-state index in [-0.39, 0.29) is 10.6 Å². The Labute approximate surface area is 210 Å². The van der Waals surface area contributed by atoms with E-state index in [0.717, 1.165) is 15.4 Å². The van der Waals surface area contributed by atoms with Crippen LogP contribution in [0.1, 0.15) is 16.8 Å². The molecular weight excluding hydrogens is 476 g/mol. The molecule has 0 saturated carbocycles. The molecule has 1 heterocycles. The van der Waals surface area contributed by atoms with Crippen LogP contribution in [0.5, 0.6) is 0 Å². The minimum atomic E-state index is -4.05. The molecule has 1 aromatic heterocycles. The van der Waals surface area contributed by atoms with Crippen LogP contribution in [0.15, 0.2) is 88.6 Å². The number of carbonyl (C=O) groups is 1. The van der Waals surface area contributed by atoms with Gasteiger partial charge in [0, 0.05) is 7.05 Å². The number of hydrogen-bond donors (Lipinski definition) is 1. The quantitative estimate of drug-likeness (QED) is 0.413. The normalized spacial score (nSPS) is 11.3. The zero-order chi connectivity index (χ0) is 26.0. The summed E-state index contributed by atoms with van der Waals surface area (Å²) in [5, 5.41) is 2.66. The van der Waals surface area contributed by atoms with E-state index in [4.69, 9.17) is 0 Å². The first kappa shape index (κ1) is 25.0. The van der Waals surface area contributed by atoms with Crippen molar-refractivity contribution in [1.29, 1.82) is 0 Å². The van der Waals surface area contributed by atoms with Gasteiger partial charge in [-0.05, 0) is 68.3 Å². The molecule has 0 radical (unpaired) electrons. The second kappa shape index (κ2) is 9.87. The number of nitrogens with one attached hydrogen (secondary N) is 1. The molecule has 0 aliphatic carbocycles. The van der Waals surface area contributed by atoms with E-state index < -0.39 is 28.0 Å². The molecule has 0 fully saturated rings. The number of rotatable bonds is 7. The number of sulfonamides is 1. The van der Waals surface area contributed by atoms with Crippen molar-refractivity contribution >= 4 is 27.3 Å². The number of para-hydroxylation sites is 1. The Hall–Kier alpha value is -4.11. The molecule has 0 bridgehead atoms.